The number of likely N-dealkylation sites (tertiary alicyclic amines) is 1. The highest BCUT2D eigenvalue weighted by Gasteiger charge is 2.28. The number of hydrogen-bond donors (Lipinski definition) is 1. The molecule has 2 aliphatic rings. The summed E-state index contributed by atoms with van der Waals surface area (Å²) in [5.41, 5.74) is 5.24. The van der Waals surface area contributed by atoms with E-state index in [0.717, 1.165) is 68.0 Å². The van der Waals surface area contributed by atoms with Crippen LogP contribution in [0.3, 0.4) is 0 Å². The number of nitrogens with zero attached hydrogens (tertiary/aromatic N) is 2. The predicted octanol–water partition coefficient (Wildman–Crippen LogP) is 8.65. The third-order valence-electron chi connectivity index (χ3n) is 8.78. The molecule has 1 fully saturated rings. The van der Waals surface area contributed by atoms with Crippen LogP contribution in [0.4, 0.5) is 5.69 Å². The van der Waals surface area contributed by atoms with E-state index in [-0.39, 0.29) is 17.5 Å². The Hall–Kier alpha value is -2.79. The maximum Gasteiger partial charge on any atom is 0.197 e. The monoisotopic (exact) mass is 559 g/mol. The zero-order chi connectivity index (χ0) is 29.9. The van der Waals surface area contributed by atoms with Crippen molar-refractivity contribution in [2.24, 2.45) is 16.8 Å². The fourth-order valence-corrected chi connectivity index (χ4v) is 5.75. The number of hydrogen-bond acceptors (Lipinski definition) is 5. The SMILES string of the molecule is C/C=C(/C(=O)CCCCC(C)C)C(=O)C1=CCC(CC)=C(Nc2ccc(C3CCN(C)CC3)cc2)N=C1C(C)CC. The van der Waals surface area contributed by atoms with Gasteiger partial charge in [0, 0.05) is 17.7 Å². The molecule has 1 saturated heterocycles. The molecule has 0 aromatic heterocycles. The topological polar surface area (TPSA) is 61.8 Å². The van der Waals surface area contributed by atoms with Gasteiger partial charge in [0.15, 0.2) is 11.6 Å². The number of Topliss-reactive ketones (excluding diaryl/α,β-unsaturated/α-hetero) is 2. The van der Waals surface area contributed by atoms with Gasteiger partial charge in [-0.1, -0.05) is 71.7 Å². The lowest BCUT2D eigenvalue weighted by Crippen LogP contribution is -2.29. The van der Waals surface area contributed by atoms with Crippen molar-refractivity contribution in [3.63, 3.8) is 0 Å². The summed E-state index contributed by atoms with van der Waals surface area (Å²) in [5, 5.41) is 3.59. The molecule has 1 atom stereocenters. The molecule has 0 spiro atoms. The smallest absolute Gasteiger partial charge is 0.197 e. The van der Waals surface area contributed by atoms with Gasteiger partial charge in [0.05, 0.1) is 11.3 Å². The minimum absolute atomic E-state index is 0.0540. The van der Waals surface area contributed by atoms with Crippen molar-refractivity contribution in [1.82, 2.24) is 4.90 Å². The lowest BCUT2D eigenvalue weighted by atomic mass is 9.87. The van der Waals surface area contributed by atoms with Gasteiger partial charge < -0.3 is 10.2 Å². The Morgan fingerprint density at radius 3 is 2.34 bits per heavy atom. The highest BCUT2D eigenvalue weighted by atomic mass is 16.1. The number of allylic oxidation sites excluding steroid dienone is 5. The molecule has 3 rings (SSSR count). The molecule has 5 heteroatoms. The number of ketones is 2. The molecule has 0 aliphatic carbocycles. The third-order valence-corrected chi connectivity index (χ3v) is 8.78. The summed E-state index contributed by atoms with van der Waals surface area (Å²) >= 11 is 0. The van der Waals surface area contributed by atoms with Crippen molar-refractivity contribution < 1.29 is 9.59 Å². The number of anilines is 1. The van der Waals surface area contributed by atoms with Crippen molar-refractivity contribution in [2.45, 2.75) is 105 Å². The van der Waals surface area contributed by atoms with Crippen LogP contribution in [0.5, 0.6) is 0 Å². The summed E-state index contributed by atoms with van der Waals surface area (Å²) in [7, 11) is 2.20. The Morgan fingerprint density at radius 1 is 1.07 bits per heavy atom. The van der Waals surface area contributed by atoms with Gasteiger partial charge in [-0.3, -0.25) is 9.59 Å². The average Bonchev–Trinajstić information content (AvgIpc) is 3.15. The van der Waals surface area contributed by atoms with Crippen molar-refractivity contribution in [1.29, 1.82) is 0 Å². The average molecular weight is 560 g/mol. The van der Waals surface area contributed by atoms with Crippen molar-refractivity contribution in [2.75, 3.05) is 25.5 Å². The standard InChI is InChI=1S/C36H53N3O2/c1-8-26(6)34-32(35(41)31(10-3)33(40)14-12-11-13-25(4)5)20-17-27(9-2)36(38-34)37-30-18-15-28(16-19-30)29-21-23-39(7)24-22-29/h10,15-16,18-20,25-26,29,37H,8-9,11-14,17,21-24H2,1-7H3/b31-10-. The van der Waals surface area contributed by atoms with Crippen LogP contribution >= 0.6 is 0 Å². The number of carbonyl (C=O) groups excluding carboxylic acids is 2. The Bertz CT molecular complexity index is 1160. The summed E-state index contributed by atoms with van der Waals surface area (Å²) in [5.74, 6) is 1.93. The van der Waals surface area contributed by atoms with E-state index < -0.39 is 0 Å². The van der Waals surface area contributed by atoms with Gasteiger partial charge in [-0.25, -0.2) is 4.99 Å². The molecule has 224 valence electrons. The normalized spacial score (nSPS) is 18.2. The van der Waals surface area contributed by atoms with E-state index in [9.17, 15) is 9.59 Å². The highest BCUT2D eigenvalue weighted by Crippen LogP contribution is 2.31. The molecular formula is C36H53N3O2. The molecule has 1 aromatic rings. The molecule has 0 saturated carbocycles. The lowest BCUT2D eigenvalue weighted by molar-refractivity contribution is -0.119. The van der Waals surface area contributed by atoms with E-state index in [1.54, 1.807) is 13.0 Å². The van der Waals surface area contributed by atoms with Crippen molar-refractivity contribution >= 4 is 23.0 Å². The fourth-order valence-electron chi connectivity index (χ4n) is 5.75. The quantitative estimate of drug-likeness (QED) is 0.107. The molecule has 2 aliphatic heterocycles. The first-order chi connectivity index (χ1) is 19.7. The molecule has 41 heavy (non-hydrogen) atoms. The highest BCUT2D eigenvalue weighted by molar-refractivity contribution is 6.36. The zero-order valence-corrected chi connectivity index (χ0v) is 26.7. The van der Waals surface area contributed by atoms with E-state index in [4.69, 9.17) is 4.99 Å². The van der Waals surface area contributed by atoms with Gasteiger partial charge in [-0.2, -0.15) is 0 Å². The van der Waals surface area contributed by atoms with Crippen LogP contribution < -0.4 is 5.32 Å². The summed E-state index contributed by atoms with van der Waals surface area (Å²) in [6, 6.07) is 8.82. The first-order valence-electron chi connectivity index (χ1n) is 16.0. The van der Waals surface area contributed by atoms with Crippen molar-refractivity contribution in [3.8, 4) is 0 Å². The number of aliphatic imine (C=N–C) groups is 1. The maximum absolute atomic E-state index is 13.9. The summed E-state index contributed by atoms with van der Waals surface area (Å²) in [6.45, 7) is 14.9. The molecule has 0 amide bonds. The number of unbranched alkanes of at least 4 members (excludes halogenated alkanes) is 1. The largest absolute Gasteiger partial charge is 0.340 e. The second-order valence-corrected chi connectivity index (χ2v) is 12.4. The van der Waals surface area contributed by atoms with Gasteiger partial charge in [0.1, 0.15) is 5.82 Å². The molecule has 0 bridgehead atoms. The number of piperidine rings is 1. The summed E-state index contributed by atoms with van der Waals surface area (Å²) in [4.78, 5) is 34.6. The molecule has 5 nitrogen and oxygen atoms in total. The van der Waals surface area contributed by atoms with Gasteiger partial charge >= 0.3 is 0 Å². The first-order valence-corrected chi connectivity index (χ1v) is 16.0. The predicted molar refractivity (Wildman–Crippen MR) is 174 cm³/mol. The second kappa shape index (κ2) is 16.0. The van der Waals surface area contributed by atoms with Crippen LogP contribution in [0.2, 0.25) is 0 Å². The minimum atomic E-state index is -0.181. The Labute approximate surface area is 249 Å². The van der Waals surface area contributed by atoms with Crippen LogP contribution in [0, 0.1) is 11.8 Å². The third kappa shape index (κ3) is 9.10. The number of benzene rings is 1. The first kappa shape index (κ1) is 32.7. The summed E-state index contributed by atoms with van der Waals surface area (Å²) < 4.78 is 0. The molecule has 1 N–H and O–H groups in total. The molecule has 1 aromatic carbocycles. The van der Waals surface area contributed by atoms with Crippen LogP contribution in [-0.2, 0) is 9.59 Å². The van der Waals surface area contributed by atoms with E-state index in [1.807, 2.05) is 6.08 Å². The molecule has 1 unspecified atom stereocenters. The van der Waals surface area contributed by atoms with E-state index in [0.29, 0.717) is 35.8 Å². The van der Waals surface area contributed by atoms with Gasteiger partial charge in [-0.05, 0) is 107 Å². The molecular weight excluding hydrogens is 506 g/mol. The van der Waals surface area contributed by atoms with Gasteiger partial charge in [0.25, 0.3) is 0 Å². The van der Waals surface area contributed by atoms with Gasteiger partial charge in [0.2, 0.25) is 0 Å². The van der Waals surface area contributed by atoms with Gasteiger partial charge in [-0.15, -0.1) is 0 Å². The van der Waals surface area contributed by atoms with Crippen molar-refractivity contribution in [3.05, 3.63) is 64.5 Å². The fraction of sp³-hybridized carbons (Fsp3) is 0.583. The molecule has 0 radical (unpaired) electrons. The van der Waals surface area contributed by atoms with Crippen LogP contribution in [0.25, 0.3) is 0 Å². The number of carbonyl (C=O) groups is 2. The lowest BCUT2D eigenvalue weighted by Gasteiger charge is -2.29. The minimum Gasteiger partial charge on any atom is -0.340 e. The Balaban J connectivity index is 1.82. The van der Waals surface area contributed by atoms with E-state index in [1.165, 1.54) is 18.4 Å². The second-order valence-electron chi connectivity index (χ2n) is 12.4. The number of rotatable bonds is 14. The Kier molecular flexibility index (Phi) is 12.8. The molecule has 2 heterocycles. The zero-order valence-electron chi connectivity index (χ0n) is 26.7. The van der Waals surface area contributed by atoms with Crippen LogP contribution in [-0.4, -0.2) is 42.3 Å². The Morgan fingerprint density at radius 2 is 1.76 bits per heavy atom. The summed E-state index contributed by atoms with van der Waals surface area (Å²) in [6.07, 6.45) is 11.8. The van der Waals surface area contributed by atoms with E-state index in [2.05, 4.69) is 76.1 Å². The van der Waals surface area contributed by atoms with Crippen LogP contribution in [0.1, 0.15) is 111 Å². The maximum atomic E-state index is 13.9. The van der Waals surface area contributed by atoms with Crippen LogP contribution in [0.15, 0.2) is 64.0 Å². The number of nitrogens with one attached hydrogen (secondary N) is 1. The van der Waals surface area contributed by atoms with E-state index >= 15 is 0 Å².